The minimum absolute atomic E-state index is 0.0709. The number of urea groups is 1. The van der Waals surface area contributed by atoms with Crippen molar-refractivity contribution in [3.8, 4) is 0 Å². The van der Waals surface area contributed by atoms with Gasteiger partial charge in [0.05, 0.1) is 5.69 Å². The maximum absolute atomic E-state index is 11.7. The fourth-order valence-corrected chi connectivity index (χ4v) is 2.17. The highest BCUT2D eigenvalue weighted by molar-refractivity contribution is 9.10. The number of hydrogen-bond acceptors (Lipinski definition) is 3. The first-order valence-electron chi connectivity index (χ1n) is 5.72. The Labute approximate surface area is 129 Å². The average Bonchev–Trinajstić information content (AvgIpc) is 2.35. The van der Waals surface area contributed by atoms with Gasteiger partial charge in [0.2, 0.25) is 0 Å². The molecule has 1 aromatic carbocycles. The van der Waals surface area contributed by atoms with Gasteiger partial charge in [0, 0.05) is 22.5 Å². The Balaban J connectivity index is 2.75. The highest BCUT2D eigenvalue weighted by Crippen LogP contribution is 2.29. The van der Waals surface area contributed by atoms with Crippen molar-refractivity contribution in [2.75, 3.05) is 11.9 Å². The number of aliphatic hydroxyl groups excluding tert-OH is 1. The van der Waals surface area contributed by atoms with E-state index in [-0.39, 0.29) is 13.0 Å². The molecule has 1 atom stereocenters. The molecule has 1 rings (SSSR count). The van der Waals surface area contributed by atoms with Crippen molar-refractivity contribution < 1.29 is 19.8 Å². The molecule has 110 valence electrons. The maximum Gasteiger partial charge on any atom is 0.326 e. The largest absolute Gasteiger partial charge is 0.480 e. The molecule has 0 aliphatic carbocycles. The first-order chi connectivity index (χ1) is 9.35. The predicted molar refractivity (Wildman–Crippen MR) is 79.2 cm³/mol. The fourth-order valence-electron chi connectivity index (χ4n) is 1.45. The summed E-state index contributed by atoms with van der Waals surface area (Å²) >= 11 is 9.23. The number of nitrogens with one attached hydrogen (secondary N) is 2. The average molecular weight is 366 g/mol. The van der Waals surface area contributed by atoms with E-state index in [1.807, 2.05) is 6.92 Å². The van der Waals surface area contributed by atoms with Gasteiger partial charge in [-0.2, -0.15) is 0 Å². The quantitative estimate of drug-likeness (QED) is 0.644. The number of benzene rings is 1. The third kappa shape index (κ3) is 4.66. The van der Waals surface area contributed by atoms with Crippen LogP contribution in [0.5, 0.6) is 0 Å². The van der Waals surface area contributed by atoms with Crippen LogP contribution in [0, 0.1) is 6.92 Å². The van der Waals surface area contributed by atoms with Crippen molar-refractivity contribution in [2.45, 2.75) is 19.4 Å². The molecule has 6 nitrogen and oxygen atoms in total. The Morgan fingerprint density at radius 3 is 2.65 bits per heavy atom. The minimum Gasteiger partial charge on any atom is -0.480 e. The highest BCUT2D eigenvalue weighted by atomic mass is 79.9. The summed E-state index contributed by atoms with van der Waals surface area (Å²) in [6.45, 7) is 1.48. The van der Waals surface area contributed by atoms with Gasteiger partial charge < -0.3 is 20.8 Å². The Hall–Kier alpha value is -1.31. The second kappa shape index (κ2) is 7.47. The first-order valence-corrected chi connectivity index (χ1v) is 6.89. The van der Waals surface area contributed by atoms with E-state index in [0.717, 1.165) is 5.56 Å². The predicted octanol–water partition coefficient (Wildman–Crippen LogP) is 2.37. The zero-order valence-corrected chi connectivity index (χ0v) is 13.0. The summed E-state index contributed by atoms with van der Waals surface area (Å²) in [7, 11) is 0. The standard InChI is InChI=1S/C12H14BrClN2O4/c1-6-4-7(13)10(5-8(6)14)16-12(20)15-9(2-3-17)11(18)19/h4-5,9,17H,2-3H2,1H3,(H,18,19)(H2,15,16,20)/t9-/m0/s1. The van der Waals surface area contributed by atoms with E-state index >= 15 is 0 Å². The molecule has 0 saturated heterocycles. The van der Waals surface area contributed by atoms with Crippen LogP contribution in [0.1, 0.15) is 12.0 Å². The molecule has 8 heteroatoms. The van der Waals surface area contributed by atoms with Crippen LogP contribution >= 0.6 is 27.5 Å². The minimum atomic E-state index is -1.21. The van der Waals surface area contributed by atoms with Crippen LogP contribution in [0.15, 0.2) is 16.6 Å². The molecular formula is C12H14BrClN2O4. The van der Waals surface area contributed by atoms with E-state index < -0.39 is 18.0 Å². The summed E-state index contributed by atoms with van der Waals surface area (Å²) in [4.78, 5) is 22.6. The van der Waals surface area contributed by atoms with Gasteiger partial charge >= 0.3 is 12.0 Å². The highest BCUT2D eigenvalue weighted by Gasteiger charge is 2.19. The summed E-state index contributed by atoms with van der Waals surface area (Å²) in [5.74, 6) is -1.21. The number of amides is 2. The SMILES string of the molecule is Cc1cc(Br)c(NC(=O)N[C@@H](CCO)C(=O)O)cc1Cl. The van der Waals surface area contributed by atoms with Gasteiger partial charge in [0.25, 0.3) is 0 Å². The lowest BCUT2D eigenvalue weighted by Crippen LogP contribution is -2.43. The molecule has 20 heavy (non-hydrogen) atoms. The summed E-state index contributed by atoms with van der Waals surface area (Å²) in [6.07, 6.45) is -0.0709. The summed E-state index contributed by atoms with van der Waals surface area (Å²) in [6, 6.07) is 1.45. The van der Waals surface area contributed by atoms with Gasteiger partial charge in [-0.3, -0.25) is 0 Å². The number of aliphatic hydroxyl groups is 1. The molecule has 0 bridgehead atoms. The number of anilines is 1. The molecule has 0 fully saturated rings. The molecule has 0 saturated carbocycles. The number of carboxylic acids is 1. The lowest BCUT2D eigenvalue weighted by Gasteiger charge is -2.15. The molecule has 0 heterocycles. The normalized spacial score (nSPS) is 11.8. The number of carboxylic acid groups (broad SMARTS) is 1. The zero-order chi connectivity index (χ0) is 15.3. The Morgan fingerprint density at radius 2 is 2.10 bits per heavy atom. The molecule has 0 radical (unpaired) electrons. The Bertz CT molecular complexity index is 524. The maximum atomic E-state index is 11.7. The fraction of sp³-hybridized carbons (Fsp3) is 0.333. The molecular weight excluding hydrogens is 351 g/mol. The van der Waals surface area contributed by atoms with Gasteiger partial charge in [-0.1, -0.05) is 11.6 Å². The number of hydrogen-bond donors (Lipinski definition) is 4. The van der Waals surface area contributed by atoms with Gasteiger partial charge in [0.1, 0.15) is 6.04 Å². The van der Waals surface area contributed by atoms with Crippen LogP contribution in [0.25, 0.3) is 0 Å². The number of halogens is 2. The molecule has 1 aromatic rings. The van der Waals surface area contributed by atoms with Crippen LogP contribution in [-0.2, 0) is 4.79 Å². The number of aryl methyl sites for hydroxylation is 1. The van der Waals surface area contributed by atoms with Crippen LogP contribution in [-0.4, -0.2) is 34.9 Å². The van der Waals surface area contributed by atoms with E-state index in [4.69, 9.17) is 21.8 Å². The van der Waals surface area contributed by atoms with E-state index in [1.54, 1.807) is 12.1 Å². The summed E-state index contributed by atoms with van der Waals surface area (Å²) < 4.78 is 0.628. The van der Waals surface area contributed by atoms with Gasteiger partial charge in [-0.15, -0.1) is 0 Å². The van der Waals surface area contributed by atoms with E-state index in [1.165, 1.54) is 0 Å². The van der Waals surface area contributed by atoms with Crippen molar-refractivity contribution in [2.24, 2.45) is 0 Å². The lowest BCUT2D eigenvalue weighted by atomic mass is 10.2. The molecule has 0 spiro atoms. The molecule has 0 aliphatic rings. The number of rotatable bonds is 5. The van der Waals surface area contributed by atoms with Crippen molar-refractivity contribution in [3.63, 3.8) is 0 Å². The third-order valence-corrected chi connectivity index (χ3v) is 3.58. The van der Waals surface area contributed by atoms with Crippen LogP contribution < -0.4 is 10.6 Å². The van der Waals surface area contributed by atoms with E-state index in [9.17, 15) is 9.59 Å². The Kier molecular flexibility index (Phi) is 6.25. The molecule has 0 aliphatic heterocycles. The summed E-state index contributed by atoms with van der Waals surface area (Å²) in [5.41, 5.74) is 1.26. The zero-order valence-electron chi connectivity index (χ0n) is 10.6. The number of aliphatic carboxylic acids is 1. The lowest BCUT2D eigenvalue weighted by molar-refractivity contribution is -0.139. The smallest absolute Gasteiger partial charge is 0.326 e. The van der Waals surface area contributed by atoms with E-state index in [2.05, 4.69) is 26.6 Å². The summed E-state index contributed by atoms with van der Waals surface area (Å²) in [5, 5.41) is 22.8. The second-order valence-corrected chi connectivity index (χ2v) is 5.34. The van der Waals surface area contributed by atoms with Crippen LogP contribution in [0.3, 0.4) is 0 Å². The van der Waals surface area contributed by atoms with Gasteiger partial charge in [-0.05, 0) is 40.5 Å². The van der Waals surface area contributed by atoms with Gasteiger partial charge in [-0.25, -0.2) is 9.59 Å². The molecule has 0 unspecified atom stereocenters. The molecule has 2 amide bonds. The topological polar surface area (TPSA) is 98.7 Å². The van der Waals surface area contributed by atoms with E-state index in [0.29, 0.717) is 15.2 Å². The third-order valence-electron chi connectivity index (χ3n) is 2.52. The van der Waals surface area contributed by atoms with Crippen molar-refractivity contribution >= 4 is 45.2 Å². The second-order valence-electron chi connectivity index (χ2n) is 4.08. The van der Waals surface area contributed by atoms with Crippen molar-refractivity contribution in [3.05, 3.63) is 27.2 Å². The molecule has 4 N–H and O–H groups in total. The first kappa shape index (κ1) is 16.7. The number of carbonyl (C=O) groups is 2. The van der Waals surface area contributed by atoms with Crippen LogP contribution in [0.4, 0.5) is 10.5 Å². The number of carbonyl (C=O) groups excluding carboxylic acids is 1. The monoisotopic (exact) mass is 364 g/mol. The molecule has 0 aromatic heterocycles. The Morgan fingerprint density at radius 1 is 1.45 bits per heavy atom. The van der Waals surface area contributed by atoms with Crippen molar-refractivity contribution in [1.82, 2.24) is 5.32 Å². The van der Waals surface area contributed by atoms with Gasteiger partial charge in [0.15, 0.2) is 0 Å². The van der Waals surface area contributed by atoms with Crippen molar-refractivity contribution in [1.29, 1.82) is 0 Å². The van der Waals surface area contributed by atoms with Crippen LogP contribution in [0.2, 0.25) is 5.02 Å².